The lowest BCUT2D eigenvalue weighted by Crippen LogP contribution is -2.61. The van der Waals surface area contributed by atoms with E-state index in [1.165, 1.54) is 26.2 Å². The summed E-state index contributed by atoms with van der Waals surface area (Å²) in [5, 5.41) is 71.9. The zero-order valence-corrected chi connectivity index (χ0v) is 22.5. The van der Waals surface area contributed by atoms with E-state index in [-0.39, 0.29) is 22.5 Å². The van der Waals surface area contributed by atoms with E-state index in [2.05, 4.69) is 0 Å². The van der Waals surface area contributed by atoms with Gasteiger partial charge in [0.15, 0.2) is 11.7 Å². The number of phenols is 1. The summed E-state index contributed by atoms with van der Waals surface area (Å²) in [6, 6.07) is 10.4. The molecule has 14 nitrogen and oxygen atoms in total. The van der Waals surface area contributed by atoms with E-state index in [0.29, 0.717) is 11.3 Å². The fraction of sp³-hybridized carbons (Fsp3) is 0.464. The molecule has 0 spiro atoms. The molecule has 0 aliphatic carbocycles. The Morgan fingerprint density at radius 3 is 2.14 bits per heavy atom. The van der Waals surface area contributed by atoms with Crippen LogP contribution in [0.5, 0.6) is 17.2 Å². The third-order valence-electron chi connectivity index (χ3n) is 7.31. The number of hydrogen-bond donors (Lipinski definition) is 7. The molecule has 5 rings (SSSR count). The number of aliphatic hydroxyl groups excluding tert-OH is 6. The first-order valence-corrected chi connectivity index (χ1v) is 13.1. The maximum Gasteiger partial charge on any atom is 0.229 e. The van der Waals surface area contributed by atoms with E-state index in [1.807, 2.05) is 0 Å². The lowest BCUT2D eigenvalue weighted by atomic mass is 9.98. The number of methoxy groups -OCH3 is 1. The van der Waals surface area contributed by atoms with Crippen LogP contribution in [-0.4, -0.2) is 111 Å². The number of ether oxygens (including phenoxy) is 5. The van der Waals surface area contributed by atoms with Crippen molar-refractivity contribution in [2.24, 2.45) is 0 Å². The van der Waals surface area contributed by atoms with Crippen LogP contribution in [-0.2, 0) is 14.2 Å². The number of fused-ring (bicyclic) bond motifs is 1. The van der Waals surface area contributed by atoms with Crippen LogP contribution in [0.25, 0.3) is 22.3 Å². The number of hydrogen-bond acceptors (Lipinski definition) is 14. The molecule has 0 saturated carbocycles. The molecule has 0 radical (unpaired) electrons. The third kappa shape index (κ3) is 5.81. The maximum absolute atomic E-state index is 12.8. The molecular weight excluding hydrogens is 560 g/mol. The number of aromatic hydroxyl groups is 1. The summed E-state index contributed by atoms with van der Waals surface area (Å²) in [7, 11) is 1.52. The first-order valence-electron chi connectivity index (χ1n) is 13.1. The molecule has 14 heteroatoms. The molecule has 3 heterocycles. The number of aliphatic hydroxyl groups is 6. The lowest BCUT2D eigenvalue weighted by Gasteiger charge is -2.42. The normalized spacial score (nSPS) is 33.4. The van der Waals surface area contributed by atoms with Gasteiger partial charge in [0.05, 0.1) is 19.8 Å². The Kier molecular flexibility index (Phi) is 8.71. The van der Waals surface area contributed by atoms with Crippen LogP contribution < -0.4 is 14.9 Å². The molecule has 42 heavy (non-hydrogen) atoms. The molecule has 0 bridgehead atoms. The van der Waals surface area contributed by atoms with Crippen molar-refractivity contribution in [3.8, 4) is 28.6 Å². The van der Waals surface area contributed by atoms with E-state index in [1.54, 1.807) is 24.3 Å². The summed E-state index contributed by atoms with van der Waals surface area (Å²) in [6.45, 7) is 0.984. The fourth-order valence-corrected chi connectivity index (χ4v) is 4.84. The minimum absolute atomic E-state index is 0.0348. The molecule has 228 valence electrons. The van der Waals surface area contributed by atoms with Gasteiger partial charge in [-0.1, -0.05) is 0 Å². The van der Waals surface area contributed by atoms with E-state index in [9.17, 15) is 40.5 Å². The minimum Gasteiger partial charge on any atom is -0.507 e. The van der Waals surface area contributed by atoms with E-state index < -0.39 is 79.2 Å². The van der Waals surface area contributed by atoms with E-state index in [4.69, 9.17) is 28.1 Å². The van der Waals surface area contributed by atoms with Crippen molar-refractivity contribution >= 4 is 11.0 Å². The van der Waals surface area contributed by atoms with E-state index >= 15 is 0 Å². The lowest BCUT2D eigenvalue weighted by molar-refractivity contribution is -0.318. The van der Waals surface area contributed by atoms with Crippen LogP contribution in [0.1, 0.15) is 6.92 Å². The van der Waals surface area contributed by atoms with Crippen molar-refractivity contribution in [2.75, 3.05) is 13.7 Å². The van der Waals surface area contributed by atoms with Crippen molar-refractivity contribution < 1.29 is 63.8 Å². The van der Waals surface area contributed by atoms with Crippen LogP contribution in [0, 0.1) is 0 Å². The largest absolute Gasteiger partial charge is 0.507 e. The molecule has 1 aromatic heterocycles. The van der Waals surface area contributed by atoms with Gasteiger partial charge in [0.2, 0.25) is 6.29 Å². The zero-order valence-electron chi connectivity index (χ0n) is 22.5. The summed E-state index contributed by atoms with van der Waals surface area (Å²) in [5.41, 5.74) is 0.0115. The molecule has 3 aromatic rings. The van der Waals surface area contributed by atoms with Crippen LogP contribution >= 0.6 is 0 Å². The Balaban J connectivity index is 1.35. The fourth-order valence-electron chi connectivity index (χ4n) is 4.84. The summed E-state index contributed by atoms with van der Waals surface area (Å²) in [5.74, 6) is 0.238. The highest BCUT2D eigenvalue weighted by molar-refractivity contribution is 5.86. The van der Waals surface area contributed by atoms with Crippen molar-refractivity contribution in [1.82, 2.24) is 0 Å². The molecule has 8 unspecified atom stereocenters. The second kappa shape index (κ2) is 12.1. The van der Waals surface area contributed by atoms with Crippen molar-refractivity contribution in [1.29, 1.82) is 0 Å². The molecule has 2 fully saturated rings. The Labute approximate surface area is 238 Å². The maximum atomic E-state index is 12.8. The monoisotopic (exact) mass is 592 g/mol. The average Bonchev–Trinajstić information content (AvgIpc) is 2.97. The van der Waals surface area contributed by atoms with Gasteiger partial charge in [-0.2, -0.15) is 0 Å². The van der Waals surface area contributed by atoms with Gasteiger partial charge >= 0.3 is 0 Å². The second-order valence-electron chi connectivity index (χ2n) is 10.2. The van der Waals surface area contributed by atoms with Crippen molar-refractivity contribution in [2.45, 2.75) is 68.3 Å². The minimum atomic E-state index is -1.76. The Morgan fingerprint density at radius 2 is 1.45 bits per heavy atom. The highest BCUT2D eigenvalue weighted by atomic mass is 16.7. The summed E-state index contributed by atoms with van der Waals surface area (Å²) in [6.07, 6.45) is -14.8. The molecule has 2 aliphatic heterocycles. The molecule has 7 N–H and O–H groups in total. The molecule has 0 amide bonds. The predicted octanol–water partition coefficient (Wildman–Crippen LogP) is -0.795. The molecule has 2 aromatic carbocycles. The van der Waals surface area contributed by atoms with Crippen molar-refractivity contribution in [3.05, 3.63) is 52.7 Å². The quantitative estimate of drug-likeness (QED) is 0.179. The van der Waals surface area contributed by atoms with Gasteiger partial charge in [0, 0.05) is 23.8 Å². The van der Waals surface area contributed by atoms with Gasteiger partial charge in [-0.15, -0.1) is 0 Å². The summed E-state index contributed by atoms with van der Waals surface area (Å²) < 4.78 is 33.2. The van der Waals surface area contributed by atoms with E-state index in [0.717, 1.165) is 6.07 Å². The first kappa shape index (κ1) is 30.2. The van der Waals surface area contributed by atoms with Gasteiger partial charge in [-0.25, -0.2) is 0 Å². The molecule has 2 aliphatic rings. The van der Waals surface area contributed by atoms with Gasteiger partial charge < -0.3 is 63.8 Å². The third-order valence-corrected chi connectivity index (χ3v) is 7.31. The molecule has 10 atom stereocenters. The van der Waals surface area contributed by atoms with Gasteiger partial charge in [0.25, 0.3) is 0 Å². The first-order chi connectivity index (χ1) is 20.0. The topological polar surface area (TPSA) is 218 Å². The van der Waals surface area contributed by atoms with Crippen LogP contribution in [0.3, 0.4) is 0 Å². The second-order valence-corrected chi connectivity index (χ2v) is 10.2. The summed E-state index contributed by atoms with van der Waals surface area (Å²) in [4.78, 5) is 12.8. The smallest absolute Gasteiger partial charge is 0.229 e. The molecule has 2 saturated heterocycles. The zero-order chi connectivity index (χ0) is 30.3. The SMILES string of the molecule is COc1ccc(-c2cc(=O)c3c(O)cc(O[C@@H]4OC(COC5OC(C)C(O)C(O)[C@@H]5O)C(O)C(O)C4O)cc3o2)cc1. The standard InChI is InChI=1S/C28H32O14/c1-11-21(31)23(33)25(35)27(39-11)38-10-19-22(32)24(34)26(36)28(42-19)40-14-7-15(29)20-16(30)9-17(41-18(20)8-14)12-3-5-13(37-2)6-4-12/h3-9,11,19,21-29,31-36H,10H2,1-2H3/t11?,19?,21?,22?,23?,24?,25-,26?,27?,28+/m0/s1. The van der Waals surface area contributed by atoms with Crippen LogP contribution in [0.4, 0.5) is 0 Å². The van der Waals surface area contributed by atoms with Crippen LogP contribution in [0.2, 0.25) is 0 Å². The van der Waals surface area contributed by atoms with Crippen molar-refractivity contribution in [3.63, 3.8) is 0 Å². The number of benzene rings is 2. The highest BCUT2D eigenvalue weighted by Gasteiger charge is 2.47. The summed E-state index contributed by atoms with van der Waals surface area (Å²) >= 11 is 0. The predicted molar refractivity (Wildman–Crippen MR) is 142 cm³/mol. The van der Waals surface area contributed by atoms with Gasteiger partial charge in [0.1, 0.15) is 76.7 Å². The highest BCUT2D eigenvalue weighted by Crippen LogP contribution is 2.34. The Hall–Kier alpha value is -3.31. The Bertz CT molecular complexity index is 1440. The average molecular weight is 593 g/mol. The number of rotatable bonds is 7. The van der Waals surface area contributed by atoms with Gasteiger partial charge in [-0.05, 0) is 31.2 Å². The Morgan fingerprint density at radius 1 is 0.786 bits per heavy atom. The van der Waals surface area contributed by atoms with Crippen LogP contribution in [0.15, 0.2) is 51.7 Å². The molecular formula is C28H32O14. The van der Waals surface area contributed by atoms with Gasteiger partial charge in [-0.3, -0.25) is 4.79 Å². The number of phenolic OH excluding ortho intramolecular Hbond substituents is 1.